The molecule has 0 radical (unpaired) electrons. The van der Waals surface area contributed by atoms with Crippen LogP contribution >= 0.6 is 11.8 Å². The molecule has 0 aromatic carbocycles. The summed E-state index contributed by atoms with van der Waals surface area (Å²) in [5, 5.41) is 2.89. The van der Waals surface area contributed by atoms with Crippen molar-refractivity contribution in [3.05, 3.63) is 23.9 Å². The smallest absolute Gasteiger partial charge is 0.302 e. The minimum absolute atomic E-state index is 0.00539. The summed E-state index contributed by atoms with van der Waals surface area (Å²) < 4.78 is 10.6. The third-order valence-electron chi connectivity index (χ3n) is 4.56. The number of rotatable bonds is 13. The molecule has 7 nitrogen and oxygen atoms in total. The SMILES string of the molecule is CC(=O)OCCSCC(=O)NCCCCOc1cc(CN2CCCCC2)ccn1. The van der Waals surface area contributed by atoms with Crippen molar-refractivity contribution < 1.29 is 19.1 Å². The van der Waals surface area contributed by atoms with Gasteiger partial charge in [0.1, 0.15) is 6.61 Å². The van der Waals surface area contributed by atoms with Gasteiger partial charge in [-0.1, -0.05) is 6.42 Å². The molecule has 0 spiro atoms. The van der Waals surface area contributed by atoms with Crippen molar-refractivity contribution in [1.29, 1.82) is 0 Å². The first kappa shape index (κ1) is 23.5. The van der Waals surface area contributed by atoms with Crippen LogP contribution in [0, 0.1) is 0 Å². The van der Waals surface area contributed by atoms with Gasteiger partial charge in [0, 0.05) is 38.0 Å². The normalized spacial score (nSPS) is 14.4. The molecule has 8 heteroatoms. The molecule has 1 aliphatic heterocycles. The van der Waals surface area contributed by atoms with Crippen molar-refractivity contribution in [2.75, 3.05) is 44.4 Å². The number of esters is 1. The van der Waals surface area contributed by atoms with E-state index >= 15 is 0 Å². The second kappa shape index (κ2) is 14.2. The van der Waals surface area contributed by atoms with E-state index in [1.807, 2.05) is 12.3 Å². The van der Waals surface area contributed by atoms with E-state index < -0.39 is 0 Å². The van der Waals surface area contributed by atoms with Gasteiger partial charge in [-0.2, -0.15) is 0 Å². The Balaban J connectivity index is 1.50. The van der Waals surface area contributed by atoms with Crippen LogP contribution in [-0.2, 0) is 20.9 Å². The molecule has 1 amide bonds. The van der Waals surface area contributed by atoms with Gasteiger partial charge in [-0.3, -0.25) is 14.5 Å². The number of carbonyl (C=O) groups is 2. The van der Waals surface area contributed by atoms with Crippen molar-refractivity contribution in [3.8, 4) is 5.88 Å². The molecule has 1 fully saturated rings. The van der Waals surface area contributed by atoms with Crippen LogP contribution in [-0.4, -0.2) is 66.1 Å². The molecule has 2 heterocycles. The number of thioether (sulfide) groups is 1. The average Bonchev–Trinajstić information content (AvgIpc) is 2.71. The summed E-state index contributed by atoms with van der Waals surface area (Å²) in [6, 6.07) is 4.09. The Morgan fingerprint density at radius 3 is 2.83 bits per heavy atom. The highest BCUT2D eigenvalue weighted by Gasteiger charge is 2.11. The Hall–Kier alpha value is -1.80. The summed E-state index contributed by atoms with van der Waals surface area (Å²) in [5.74, 6) is 1.40. The van der Waals surface area contributed by atoms with E-state index in [4.69, 9.17) is 9.47 Å². The Morgan fingerprint density at radius 2 is 2.03 bits per heavy atom. The number of carbonyl (C=O) groups excluding carboxylic acids is 2. The molecule has 29 heavy (non-hydrogen) atoms. The highest BCUT2D eigenvalue weighted by molar-refractivity contribution is 7.99. The molecular weight excluding hydrogens is 390 g/mol. The van der Waals surface area contributed by atoms with Crippen LogP contribution in [0.4, 0.5) is 0 Å². The fourth-order valence-electron chi connectivity index (χ4n) is 3.10. The first-order chi connectivity index (χ1) is 14.1. The summed E-state index contributed by atoms with van der Waals surface area (Å²) in [7, 11) is 0. The van der Waals surface area contributed by atoms with Crippen LogP contribution in [0.15, 0.2) is 18.3 Å². The molecule has 1 aromatic heterocycles. The van der Waals surface area contributed by atoms with E-state index in [0.717, 1.165) is 19.4 Å². The van der Waals surface area contributed by atoms with Crippen molar-refractivity contribution >= 4 is 23.6 Å². The number of likely N-dealkylation sites (tertiary alicyclic amines) is 1. The van der Waals surface area contributed by atoms with Crippen LogP contribution in [0.25, 0.3) is 0 Å². The zero-order valence-electron chi connectivity index (χ0n) is 17.4. The fourth-order valence-corrected chi connectivity index (χ4v) is 3.73. The van der Waals surface area contributed by atoms with Gasteiger partial charge in [0.25, 0.3) is 0 Å². The quantitative estimate of drug-likeness (QED) is 0.386. The van der Waals surface area contributed by atoms with Crippen molar-refractivity contribution in [3.63, 3.8) is 0 Å². The topological polar surface area (TPSA) is 80.8 Å². The average molecular weight is 424 g/mol. The third-order valence-corrected chi connectivity index (χ3v) is 5.49. The van der Waals surface area contributed by atoms with Gasteiger partial charge in [0.05, 0.1) is 12.4 Å². The summed E-state index contributed by atoms with van der Waals surface area (Å²) in [5.41, 5.74) is 1.25. The maximum absolute atomic E-state index is 11.7. The molecule has 1 aromatic rings. The van der Waals surface area contributed by atoms with Crippen molar-refractivity contribution in [1.82, 2.24) is 15.2 Å². The second-order valence-corrected chi connectivity index (χ2v) is 8.24. The molecule has 0 atom stereocenters. The lowest BCUT2D eigenvalue weighted by Crippen LogP contribution is -2.29. The molecule has 0 unspecified atom stereocenters. The molecule has 1 aliphatic rings. The van der Waals surface area contributed by atoms with E-state index in [1.54, 1.807) is 0 Å². The number of nitrogens with zero attached hydrogens (tertiary/aromatic N) is 2. The maximum Gasteiger partial charge on any atom is 0.302 e. The van der Waals surface area contributed by atoms with Gasteiger partial charge in [-0.05, 0) is 50.4 Å². The summed E-state index contributed by atoms with van der Waals surface area (Å²) in [6.45, 7) is 6.26. The number of amides is 1. The molecule has 2 rings (SSSR count). The molecular formula is C21H33N3O4S. The Bertz CT molecular complexity index is 624. The zero-order chi connectivity index (χ0) is 20.7. The van der Waals surface area contributed by atoms with Crippen LogP contribution in [0.2, 0.25) is 0 Å². The van der Waals surface area contributed by atoms with Gasteiger partial charge < -0.3 is 14.8 Å². The van der Waals surface area contributed by atoms with Crippen LogP contribution < -0.4 is 10.1 Å². The second-order valence-electron chi connectivity index (χ2n) is 7.14. The van der Waals surface area contributed by atoms with E-state index in [9.17, 15) is 9.59 Å². The van der Waals surface area contributed by atoms with E-state index in [-0.39, 0.29) is 11.9 Å². The lowest BCUT2D eigenvalue weighted by Gasteiger charge is -2.26. The predicted octanol–water partition coefficient (Wildman–Crippen LogP) is 2.64. The Labute approximate surface area is 177 Å². The molecule has 1 N–H and O–H groups in total. The zero-order valence-corrected chi connectivity index (χ0v) is 18.2. The molecule has 0 saturated carbocycles. The van der Waals surface area contributed by atoms with Crippen LogP contribution in [0.5, 0.6) is 5.88 Å². The van der Waals surface area contributed by atoms with Crippen molar-refractivity contribution in [2.45, 2.75) is 45.6 Å². The number of nitrogens with one attached hydrogen (secondary N) is 1. The number of hydrogen-bond acceptors (Lipinski definition) is 7. The summed E-state index contributed by atoms with van der Waals surface area (Å²) in [6.07, 6.45) is 7.45. The molecule has 1 saturated heterocycles. The largest absolute Gasteiger partial charge is 0.478 e. The standard InChI is InChI=1S/C21H33N3O4S/c1-18(25)27-13-14-29-17-20(26)22-8-3-6-12-28-21-15-19(7-9-23-21)16-24-10-4-2-5-11-24/h7,9,15H,2-6,8,10-14,16-17H2,1H3,(H,22,26). The number of hydrogen-bond donors (Lipinski definition) is 1. The number of pyridine rings is 1. The van der Waals surface area contributed by atoms with Gasteiger partial charge >= 0.3 is 5.97 Å². The Morgan fingerprint density at radius 1 is 1.21 bits per heavy atom. The first-order valence-electron chi connectivity index (χ1n) is 10.4. The highest BCUT2D eigenvalue weighted by Crippen LogP contribution is 2.15. The predicted molar refractivity (Wildman–Crippen MR) is 115 cm³/mol. The third kappa shape index (κ3) is 11.1. The summed E-state index contributed by atoms with van der Waals surface area (Å²) >= 11 is 1.46. The van der Waals surface area contributed by atoms with Crippen LogP contribution in [0.1, 0.15) is 44.6 Å². The number of piperidine rings is 1. The van der Waals surface area contributed by atoms with Crippen molar-refractivity contribution in [2.24, 2.45) is 0 Å². The molecule has 162 valence electrons. The first-order valence-corrected chi connectivity index (χ1v) is 11.6. The Kier molecular flexibility index (Phi) is 11.5. The lowest BCUT2D eigenvalue weighted by atomic mass is 10.1. The monoisotopic (exact) mass is 423 g/mol. The van der Waals surface area contributed by atoms with Gasteiger partial charge in [0.15, 0.2) is 0 Å². The van der Waals surface area contributed by atoms with E-state index in [0.29, 0.717) is 37.1 Å². The van der Waals surface area contributed by atoms with Gasteiger partial charge in [-0.25, -0.2) is 4.98 Å². The van der Waals surface area contributed by atoms with Crippen LogP contribution in [0.3, 0.4) is 0 Å². The lowest BCUT2D eigenvalue weighted by molar-refractivity contribution is -0.140. The van der Waals surface area contributed by atoms with E-state index in [2.05, 4.69) is 21.3 Å². The minimum Gasteiger partial charge on any atom is -0.478 e. The van der Waals surface area contributed by atoms with Gasteiger partial charge in [-0.15, -0.1) is 11.8 Å². The fraction of sp³-hybridized carbons (Fsp3) is 0.667. The number of aromatic nitrogens is 1. The molecule has 0 bridgehead atoms. The number of ether oxygens (including phenoxy) is 2. The highest BCUT2D eigenvalue weighted by atomic mass is 32.2. The maximum atomic E-state index is 11.7. The number of unbranched alkanes of at least 4 members (excludes halogenated alkanes) is 1. The molecule has 0 aliphatic carbocycles. The van der Waals surface area contributed by atoms with E-state index in [1.165, 1.54) is 56.6 Å². The van der Waals surface area contributed by atoms with Gasteiger partial charge in [0.2, 0.25) is 11.8 Å². The summed E-state index contributed by atoms with van der Waals surface area (Å²) in [4.78, 5) is 29.1. The minimum atomic E-state index is -0.291.